The molecule has 2 atom stereocenters. The third-order valence-electron chi connectivity index (χ3n) is 15.4. The highest BCUT2D eigenvalue weighted by molar-refractivity contribution is 9.11. The molecule has 0 aliphatic carbocycles. The van der Waals surface area contributed by atoms with Crippen LogP contribution in [0.3, 0.4) is 0 Å². The van der Waals surface area contributed by atoms with Gasteiger partial charge in [-0.25, -0.2) is 0 Å². The van der Waals surface area contributed by atoms with Crippen LogP contribution < -0.4 is 9.80 Å². The Labute approximate surface area is 459 Å². The maximum absolute atomic E-state index is 15.7. The van der Waals surface area contributed by atoms with Gasteiger partial charge in [-0.1, -0.05) is 231 Å². The molecular weight excluding hydrogens is 1080 g/mol. The summed E-state index contributed by atoms with van der Waals surface area (Å²) in [6.45, 7) is 10.3. The number of carbonyl (C=O) groups is 2. The van der Waals surface area contributed by atoms with E-state index in [0.29, 0.717) is 46.1 Å². The van der Waals surface area contributed by atoms with Gasteiger partial charge in [0, 0.05) is 44.4 Å². The zero-order valence-electron chi connectivity index (χ0n) is 43.5. The number of rotatable bonds is 36. The van der Waals surface area contributed by atoms with E-state index < -0.39 is 0 Å². The van der Waals surface area contributed by atoms with Crippen molar-refractivity contribution in [1.29, 1.82) is 0 Å². The van der Waals surface area contributed by atoms with E-state index in [1.54, 1.807) is 22.7 Å². The molecule has 2 aromatic heterocycles. The molecule has 2 aliphatic rings. The van der Waals surface area contributed by atoms with Gasteiger partial charge in [0.2, 0.25) is 0 Å². The normalized spacial score (nSPS) is 15.7. The summed E-state index contributed by atoms with van der Waals surface area (Å²) in [6.07, 6.45) is 39.9. The summed E-state index contributed by atoms with van der Waals surface area (Å²) in [5.41, 5.74) is 4.08. The molecule has 2 amide bonds. The van der Waals surface area contributed by atoms with Crippen LogP contribution >= 0.6 is 77.7 Å². The molecule has 4 aromatic rings. The van der Waals surface area contributed by atoms with Gasteiger partial charge in [0.25, 0.3) is 11.8 Å². The highest BCUT2D eigenvalue weighted by atomic mass is 79.9. The molecule has 2 aromatic carbocycles. The van der Waals surface area contributed by atoms with E-state index in [9.17, 15) is 0 Å². The van der Waals surface area contributed by atoms with Crippen LogP contribution in [0.25, 0.3) is 31.3 Å². The maximum Gasteiger partial charge on any atom is 0.259 e. The molecule has 0 saturated heterocycles. The molecule has 10 heteroatoms. The predicted octanol–water partition coefficient (Wildman–Crippen LogP) is 22.3. The smallest absolute Gasteiger partial charge is 0.259 e. The Balaban J connectivity index is 1.36. The molecule has 2 aliphatic heterocycles. The van der Waals surface area contributed by atoms with Gasteiger partial charge in [-0.3, -0.25) is 9.59 Å². The highest BCUT2D eigenvalue weighted by Gasteiger charge is 2.45. The van der Waals surface area contributed by atoms with E-state index in [1.807, 2.05) is 9.80 Å². The minimum absolute atomic E-state index is 0.0974. The predicted molar refractivity (Wildman–Crippen MR) is 318 cm³/mol. The number of fused-ring (bicyclic) bond motifs is 4. The van der Waals surface area contributed by atoms with E-state index in [-0.39, 0.29) is 11.8 Å². The van der Waals surface area contributed by atoms with E-state index >= 15 is 9.59 Å². The van der Waals surface area contributed by atoms with Gasteiger partial charge in [-0.15, -0.1) is 22.7 Å². The molecule has 0 bridgehead atoms. The fourth-order valence-electron chi connectivity index (χ4n) is 11.4. The van der Waals surface area contributed by atoms with Crippen molar-refractivity contribution in [3.05, 3.63) is 53.0 Å². The summed E-state index contributed by atoms with van der Waals surface area (Å²) in [5, 5.41) is 3.10. The fraction of sp³-hybridized carbons (Fsp3) is 0.667. The summed E-state index contributed by atoms with van der Waals surface area (Å²) in [5.74, 6) is 0.487. The van der Waals surface area contributed by atoms with Gasteiger partial charge in [0.1, 0.15) is 0 Å². The summed E-state index contributed by atoms with van der Waals surface area (Å²) in [6, 6.07) is 8.47. The molecule has 6 rings (SSSR count). The number of thiophene rings is 2. The zero-order valence-corrected chi connectivity index (χ0v) is 49.9. The van der Waals surface area contributed by atoms with Crippen molar-refractivity contribution < 1.29 is 9.59 Å². The lowest BCUT2D eigenvalue weighted by Gasteiger charge is -2.26. The van der Waals surface area contributed by atoms with Crippen LogP contribution in [0.2, 0.25) is 10.0 Å². The van der Waals surface area contributed by atoms with Crippen LogP contribution in [0.1, 0.15) is 244 Å². The Morgan fingerprint density at radius 1 is 0.429 bits per heavy atom. The van der Waals surface area contributed by atoms with Crippen molar-refractivity contribution in [2.75, 3.05) is 22.9 Å². The van der Waals surface area contributed by atoms with Crippen molar-refractivity contribution in [2.45, 2.75) is 233 Å². The minimum Gasteiger partial charge on any atom is -0.306 e. The second-order valence-electron chi connectivity index (χ2n) is 21.1. The number of amides is 2. The average molecular weight is 1160 g/mol. The van der Waals surface area contributed by atoms with Gasteiger partial charge in [0.15, 0.2) is 0 Å². The SMILES string of the molecule is CCCCCCCCCCC(CCCCCCCC)CN1C(=O)/C(=C2/C(=O)N(CC(CCCCCCCC)CCCCCCCCCC)c3c2cc2sc(Br)cc2c3Cl)c2cc3sc(Br)cc3c(Cl)c21. The number of unbranched alkanes of at least 4 members (excludes halogenated alkanes) is 24. The fourth-order valence-corrected chi connectivity index (χ4v) is 15.4. The molecule has 0 spiro atoms. The molecule has 0 fully saturated rings. The number of halogens is 4. The number of anilines is 2. The van der Waals surface area contributed by atoms with Crippen LogP contribution in [0.5, 0.6) is 0 Å². The number of nitrogens with zero attached hydrogens (tertiary/aromatic N) is 2. The van der Waals surface area contributed by atoms with Crippen LogP contribution in [0.4, 0.5) is 11.4 Å². The van der Waals surface area contributed by atoms with Crippen LogP contribution in [-0.4, -0.2) is 24.9 Å². The Bertz CT molecular complexity index is 2140. The van der Waals surface area contributed by atoms with Crippen molar-refractivity contribution in [2.24, 2.45) is 11.8 Å². The van der Waals surface area contributed by atoms with Crippen molar-refractivity contribution in [3.8, 4) is 0 Å². The Morgan fingerprint density at radius 2 is 0.700 bits per heavy atom. The quantitative estimate of drug-likeness (QED) is 0.0336. The maximum atomic E-state index is 15.7. The molecule has 388 valence electrons. The first kappa shape index (κ1) is 57.9. The summed E-state index contributed by atoms with van der Waals surface area (Å²) in [4.78, 5) is 35.4. The lowest BCUT2D eigenvalue weighted by molar-refractivity contribution is -0.114. The second kappa shape index (κ2) is 30.8. The molecule has 4 heterocycles. The topological polar surface area (TPSA) is 40.6 Å². The lowest BCUT2D eigenvalue weighted by atomic mass is 9.93. The van der Waals surface area contributed by atoms with Crippen LogP contribution in [0.15, 0.2) is 31.8 Å². The van der Waals surface area contributed by atoms with E-state index in [1.165, 1.54) is 180 Å². The number of benzene rings is 2. The Morgan fingerprint density at radius 3 is 0.986 bits per heavy atom. The summed E-state index contributed by atoms with van der Waals surface area (Å²) < 4.78 is 4.01. The van der Waals surface area contributed by atoms with Gasteiger partial charge < -0.3 is 9.80 Å². The van der Waals surface area contributed by atoms with E-state index in [2.05, 4.69) is 83.8 Å². The molecule has 2 unspecified atom stereocenters. The van der Waals surface area contributed by atoms with E-state index in [0.717, 1.165) is 75.9 Å². The van der Waals surface area contributed by atoms with Crippen LogP contribution in [-0.2, 0) is 9.59 Å². The highest BCUT2D eigenvalue weighted by Crippen LogP contribution is 2.55. The molecule has 0 radical (unpaired) electrons. The number of hydrogen-bond donors (Lipinski definition) is 0. The average Bonchev–Trinajstić information content (AvgIpc) is 4.07. The number of carbonyl (C=O) groups excluding carboxylic acids is 2. The summed E-state index contributed by atoms with van der Waals surface area (Å²) in [7, 11) is 0. The molecule has 70 heavy (non-hydrogen) atoms. The van der Waals surface area contributed by atoms with Gasteiger partial charge in [-0.2, -0.15) is 0 Å². The standard InChI is InChI=1S/C60H86Br2Cl2N2O2S2/c1-5-9-13-17-21-23-27-31-35-43(33-29-25-19-15-11-7-3)41-65-57-47(37-49-45(55(57)63)39-51(61)69-49)53(59(65)67)54-48-38-50-46(40-52(62)70-50)56(64)58(48)66(60(54)68)42-44(34-30-26-20-16-12-8-4)36-32-28-24-22-18-14-10-6-2/h37-40,43-44H,5-36,41-42H2,1-4H3/b54-53+. The first-order valence-corrected chi connectivity index (χ1v) is 32.3. The first-order chi connectivity index (χ1) is 34.1. The Hall–Kier alpha value is -1.42. The van der Waals surface area contributed by atoms with Crippen LogP contribution in [0, 0.1) is 11.8 Å². The van der Waals surface area contributed by atoms with Gasteiger partial charge in [-0.05, 0) is 93.6 Å². The molecule has 0 N–H and O–H groups in total. The summed E-state index contributed by atoms with van der Waals surface area (Å²) >= 11 is 25.9. The zero-order chi connectivity index (χ0) is 49.8. The van der Waals surface area contributed by atoms with Gasteiger partial charge in [0.05, 0.1) is 40.1 Å². The van der Waals surface area contributed by atoms with Crippen molar-refractivity contribution in [1.82, 2.24) is 0 Å². The van der Waals surface area contributed by atoms with E-state index in [4.69, 9.17) is 23.2 Å². The molecule has 0 saturated carbocycles. The number of hydrogen-bond acceptors (Lipinski definition) is 4. The van der Waals surface area contributed by atoms with Gasteiger partial charge >= 0.3 is 0 Å². The Kier molecular flexibility index (Phi) is 25.5. The largest absolute Gasteiger partial charge is 0.306 e. The monoisotopic (exact) mass is 1160 g/mol. The van der Waals surface area contributed by atoms with Crippen molar-refractivity contribution in [3.63, 3.8) is 0 Å². The minimum atomic E-state index is -0.0974. The second-order valence-corrected chi connectivity index (χ2v) is 26.7. The lowest BCUT2D eigenvalue weighted by Crippen LogP contribution is -2.34. The molecule has 4 nitrogen and oxygen atoms in total. The third kappa shape index (κ3) is 15.8. The third-order valence-corrected chi connectivity index (χ3v) is 19.3. The first-order valence-electron chi connectivity index (χ1n) is 28.3. The molecular formula is C60H86Br2Cl2N2O2S2. The van der Waals surface area contributed by atoms with Crippen molar-refractivity contribution >= 4 is 132 Å².